The number of phosphoric ester groups is 1. The number of hydrogen-bond donors (Lipinski definition) is 2. The van der Waals surface area contributed by atoms with E-state index in [2.05, 4.69) is 73.8 Å². The molecule has 0 saturated heterocycles. The Bertz CT molecular complexity index is 1280. The zero-order valence-electron chi connectivity index (χ0n) is 39.2. The molecular weight excluding hydrogens is 790 g/mol. The van der Waals surface area contributed by atoms with E-state index >= 15 is 0 Å². The van der Waals surface area contributed by atoms with Gasteiger partial charge in [0.15, 0.2) is 6.10 Å². The van der Waals surface area contributed by atoms with Crippen molar-refractivity contribution in [1.82, 2.24) is 0 Å². The van der Waals surface area contributed by atoms with Gasteiger partial charge in [0.05, 0.1) is 33.9 Å². The summed E-state index contributed by atoms with van der Waals surface area (Å²) in [5, 5.41) is 9.57. The molecule has 61 heavy (non-hydrogen) atoms. The van der Waals surface area contributed by atoms with Crippen LogP contribution in [0.5, 0.6) is 0 Å². The lowest BCUT2D eigenvalue weighted by molar-refractivity contribution is -0.870. The molecule has 0 aromatic rings. The number of carbonyl (C=O) groups excluding carboxylic acids is 2. The number of phosphoric acid groups is 1. The number of aliphatic hydroxyl groups excluding tert-OH is 1. The fourth-order valence-corrected chi connectivity index (χ4v) is 6.70. The Morgan fingerprint density at radius 1 is 0.574 bits per heavy atom. The van der Waals surface area contributed by atoms with E-state index in [1.54, 1.807) is 0 Å². The fourth-order valence-electron chi connectivity index (χ4n) is 5.96. The fraction of sp³-hybridized carbons (Fsp3) is 0.720. The highest BCUT2D eigenvalue weighted by Crippen LogP contribution is 2.43. The van der Waals surface area contributed by atoms with E-state index in [-0.39, 0.29) is 32.2 Å². The highest BCUT2D eigenvalue weighted by atomic mass is 31.2. The Kier molecular flexibility index (Phi) is 39.7. The first-order valence-corrected chi connectivity index (χ1v) is 25.2. The van der Waals surface area contributed by atoms with Gasteiger partial charge in [-0.3, -0.25) is 18.6 Å². The van der Waals surface area contributed by atoms with Gasteiger partial charge in [-0.1, -0.05) is 145 Å². The number of likely N-dealkylation sites (N-methyl/N-ethyl adjacent to an activating group) is 1. The van der Waals surface area contributed by atoms with Gasteiger partial charge in [0, 0.05) is 12.8 Å². The van der Waals surface area contributed by atoms with Crippen LogP contribution in [-0.2, 0) is 32.7 Å². The van der Waals surface area contributed by atoms with Crippen LogP contribution in [0.15, 0.2) is 72.9 Å². The first-order chi connectivity index (χ1) is 29.4. The van der Waals surface area contributed by atoms with Crippen LogP contribution in [0.2, 0.25) is 0 Å². The number of allylic oxidation sites excluding steroid dienone is 12. The summed E-state index contributed by atoms with van der Waals surface area (Å²) in [6, 6.07) is 0. The van der Waals surface area contributed by atoms with E-state index < -0.39 is 32.5 Å². The Hall–Kier alpha value is -2.59. The summed E-state index contributed by atoms with van der Waals surface area (Å²) in [5.41, 5.74) is 0. The zero-order valence-corrected chi connectivity index (χ0v) is 40.1. The average Bonchev–Trinajstić information content (AvgIpc) is 3.21. The van der Waals surface area contributed by atoms with E-state index in [9.17, 15) is 24.2 Å². The van der Waals surface area contributed by atoms with Gasteiger partial charge in [0.1, 0.15) is 19.8 Å². The molecular formula is C50H89NO9P+. The van der Waals surface area contributed by atoms with Crippen LogP contribution >= 0.6 is 7.82 Å². The minimum absolute atomic E-state index is 0.0132. The summed E-state index contributed by atoms with van der Waals surface area (Å²) in [7, 11) is 1.41. The van der Waals surface area contributed by atoms with Gasteiger partial charge < -0.3 is 24.0 Å². The van der Waals surface area contributed by atoms with Crippen molar-refractivity contribution in [3.63, 3.8) is 0 Å². The molecule has 352 valence electrons. The van der Waals surface area contributed by atoms with Crippen LogP contribution in [0.3, 0.4) is 0 Å². The summed E-state index contributed by atoms with van der Waals surface area (Å²) < 4.78 is 34.3. The SMILES string of the molecule is CCCCC/C=C\C/C=C\CCCCCCCCCCCC(=O)O[C@H](COC(=O)CCC/C=C\C/C=C\C/C=C\C/C=C\CC[C@@H](O)CC)COP(=O)(O)OCC[N+](C)(C)C. The van der Waals surface area contributed by atoms with Gasteiger partial charge in [-0.15, -0.1) is 0 Å². The normalized spacial score (nSPS) is 14.7. The summed E-state index contributed by atoms with van der Waals surface area (Å²) in [6.07, 6.45) is 49.0. The molecule has 0 aliphatic rings. The van der Waals surface area contributed by atoms with Crippen molar-refractivity contribution >= 4 is 19.8 Å². The van der Waals surface area contributed by atoms with Gasteiger partial charge in [-0.05, 0) is 89.9 Å². The van der Waals surface area contributed by atoms with E-state index in [0.717, 1.165) is 77.0 Å². The molecule has 0 heterocycles. The Balaban J connectivity index is 4.42. The van der Waals surface area contributed by atoms with Crippen molar-refractivity contribution in [3.8, 4) is 0 Å². The molecule has 11 heteroatoms. The van der Waals surface area contributed by atoms with Crippen molar-refractivity contribution in [1.29, 1.82) is 0 Å². The number of aliphatic hydroxyl groups is 1. The molecule has 0 rings (SSSR count). The molecule has 0 saturated carbocycles. The molecule has 0 aliphatic heterocycles. The quantitative estimate of drug-likeness (QED) is 0.0202. The molecule has 0 amide bonds. The van der Waals surface area contributed by atoms with Crippen LogP contribution in [0.1, 0.15) is 174 Å². The maximum Gasteiger partial charge on any atom is 0.472 e. The lowest BCUT2D eigenvalue weighted by Gasteiger charge is -2.24. The molecule has 2 N–H and O–H groups in total. The second kappa shape index (κ2) is 41.4. The number of ether oxygens (including phenoxy) is 2. The standard InChI is InChI=1S/C50H88NO9P/c1-6-8-9-10-11-12-13-14-15-16-17-18-19-24-27-30-33-36-39-42-50(54)60-48(46-59-61(55,56)58-44-43-51(3,4)5)45-57-49(53)41-38-35-32-29-26-23-21-20-22-25-28-31-34-37-40-47(52)7-2/h11-12,14-15,21-23,25,29,31-32,34,47-48,52H,6-10,13,16-20,24,26-28,30,33,35-46H2,1-5H3/p+1/b12-11-,15-14-,23-21-,25-22-,32-29-,34-31-/t47-,48+/m0/s1. The lowest BCUT2D eigenvalue weighted by atomic mass is 10.1. The number of nitrogens with zero attached hydrogens (tertiary/aromatic N) is 1. The van der Waals surface area contributed by atoms with Gasteiger partial charge >= 0.3 is 19.8 Å². The van der Waals surface area contributed by atoms with Crippen LogP contribution in [0.4, 0.5) is 0 Å². The van der Waals surface area contributed by atoms with Crippen LogP contribution in [-0.4, -0.2) is 86.1 Å². The first-order valence-electron chi connectivity index (χ1n) is 23.7. The number of carbonyl (C=O) groups is 2. The monoisotopic (exact) mass is 879 g/mol. The minimum atomic E-state index is -4.40. The molecule has 0 bridgehead atoms. The number of esters is 2. The summed E-state index contributed by atoms with van der Waals surface area (Å²) in [5.74, 6) is -0.891. The number of quaternary nitrogens is 1. The number of hydrogen-bond acceptors (Lipinski definition) is 8. The summed E-state index contributed by atoms with van der Waals surface area (Å²) in [6.45, 7) is 4.03. The zero-order chi connectivity index (χ0) is 45.1. The largest absolute Gasteiger partial charge is 0.472 e. The summed E-state index contributed by atoms with van der Waals surface area (Å²) >= 11 is 0. The average molecular weight is 879 g/mol. The van der Waals surface area contributed by atoms with Crippen molar-refractivity contribution in [3.05, 3.63) is 72.9 Å². The number of rotatable bonds is 42. The van der Waals surface area contributed by atoms with Gasteiger partial charge in [-0.2, -0.15) is 0 Å². The molecule has 0 radical (unpaired) electrons. The second-order valence-corrected chi connectivity index (χ2v) is 18.4. The third-order valence-electron chi connectivity index (χ3n) is 9.87. The maximum atomic E-state index is 12.7. The molecule has 1 unspecified atom stereocenters. The molecule has 0 aromatic carbocycles. The van der Waals surface area contributed by atoms with E-state index in [1.807, 2.05) is 34.1 Å². The smallest absolute Gasteiger partial charge is 0.462 e. The van der Waals surface area contributed by atoms with Crippen LogP contribution in [0, 0.1) is 0 Å². The Labute approximate surface area is 372 Å². The van der Waals surface area contributed by atoms with Gasteiger partial charge in [0.25, 0.3) is 0 Å². The topological polar surface area (TPSA) is 129 Å². The number of unbranched alkanes of at least 4 members (excludes halogenated alkanes) is 13. The minimum Gasteiger partial charge on any atom is -0.462 e. The van der Waals surface area contributed by atoms with Crippen LogP contribution in [0.25, 0.3) is 0 Å². The van der Waals surface area contributed by atoms with Gasteiger partial charge in [-0.25, -0.2) is 4.57 Å². The van der Waals surface area contributed by atoms with Gasteiger partial charge in [0.2, 0.25) is 0 Å². The highest BCUT2D eigenvalue weighted by molar-refractivity contribution is 7.47. The maximum absolute atomic E-state index is 12.7. The molecule has 0 spiro atoms. The van der Waals surface area contributed by atoms with E-state index in [4.69, 9.17) is 18.5 Å². The van der Waals surface area contributed by atoms with Crippen molar-refractivity contribution in [2.45, 2.75) is 187 Å². The lowest BCUT2D eigenvalue weighted by Crippen LogP contribution is -2.37. The molecule has 3 atom stereocenters. The molecule has 0 fully saturated rings. The Morgan fingerprint density at radius 3 is 1.56 bits per heavy atom. The van der Waals surface area contributed by atoms with Crippen molar-refractivity contribution in [2.75, 3.05) is 47.5 Å². The third kappa shape index (κ3) is 45.3. The Morgan fingerprint density at radius 2 is 1.03 bits per heavy atom. The molecule has 10 nitrogen and oxygen atoms in total. The predicted octanol–water partition coefficient (Wildman–Crippen LogP) is 12.8. The van der Waals surface area contributed by atoms with E-state index in [0.29, 0.717) is 23.9 Å². The van der Waals surface area contributed by atoms with Crippen LogP contribution < -0.4 is 0 Å². The highest BCUT2D eigenvalue weighted by Gasteiger charge is 2.27. The molecule has 0 aromatic heterocycles. The van der Waals surface area contributed by atoms with Crippen molar-refractivity contribution in [2.24, 2.45) is 0 Å². The molecule has 0 aliphatic carbocycles. The second-order valence-electron chi connectivity index (χ2n) is 16.9. The third-order valence-corrected chi connectivity index (χ3v) is 10.9. The first kappa shape index (κ1) is 58.4. The van der Waals surface area contributed by atoms with Crippen molar-refractivity contribution < 1.29 is 47.2 Å². The van der Waals surface area contributed by atoms with E-state index in [1.165, 1.54) is 57.8 Å². The predicted molar refractivity (Wildman–Crippen MR) is 253 cm³/mol. The summed E-state index contributed by atoms with van der Waals surface area (Å²) in [4.78, 5) is 35.4.